The number of alkyl halides is 1. The van der Waals surface area contributed by atoms with Gasteiger partial charge in [0.15, 0.2) is 0 Å². The van der Waals surface area contributed by atoms with Crippen molar-refractivity contribution in [3.63, 3.8) is 0 Å². The summed E-state index contributed by atoms with van der Waals surface area (Å²) in [6.07, 6.45) is 0.736. The van der Waals surface area contributed by atoms with E-state index in [4.69, 9.17) is 21.1 Å². The molecule has 0 aliphatic heterocycles. The van der Waals surface area contributed by atoms with Gasteiger partial charge in [0.05, 0.1) is 25.2 Å². The highest BCUT2D eigenvalue weighted by Crippen LogP contribution is 2.39. The van der Waals surface area contributed by atoms with Gasteiger partial charge in [-0.2, -0.15) is 0 Å². The lowest BCUT2D eigenvalue weighted by atomic mass is 9.99. The predicted octanol–water partition coefficient (Wildman–Crippen LogP) is 4.84. The molecule has 3 heteroatoms. The Morgan fingerprint density at radius 2 is 1.57 bits per heavy atom. The fourth-order valence-corrected chi connectivity index (χ4v) is 2.82. The van der Waals surface area contributed by atoms with E-state index in [9.17, 15) is 0 Å². The summed E-state index contributed by atoms with van der Waals surface area (Å²) < 4.78 is 10.9. The van der Waals surface area contributed by atoms with Crippen molar-refractivity contribution in [2.24, 2.45) is 0 Å². The number of methoxy groups -OCH3 is 2. The number of aryl methyl sites for hydroxylation is 2. The first-order valence-corrected chi connectivity index (χ1v) is 7.41. The third-order valence-corrected chi connectivity index (χ3v) is 4.14. The highest BCUT2D eigenvalue weighted by Gasteiger charge is 2.19. The maximum Gasteiger partial charge on any atom is 0.127 e. The maximum atomic E-state index is 6.64. The summed E-state index contributed by atoms with van der Waals surface area (Å²) in [4.78, 5) is 0. The van der Waals surface area contributed by atoms with Crippen LogP contribution in [-0.4, -0.2) is 14.2 Å². The maximum absolute atomic E-state index is 6.64. The summed E-state index contributed by atoms with van der Waals surface area (Å²) in [7, 11) is 3.30. The molecule has 112 valence electrons. The van der Waals surface area contributed by atoms with Gasteiger partial charge in [-0.15, -0.1) is 11.6 Å². The molecule has 0 bridgehead atoms. The quantitative estimate of drug-likeness (QED) is 0.736. The topological polar surface area (TPSA) is 18.5 Å². The molecule has 0 aromatic heterocycles. The van der Waals surface area contributed by atoms with Gasteiger partial charge in [-0.3, -0.25) is 0 Å². The summed E-state index contributed by atoms with van der Waals surface area (Å²) >= 11 is 6.64. The average molecular weight is 305 g/mol. The number of hydrogen-bond acceptors (Lipinski definition) is 2. The summed E-state index contributed by atoms with van der Waals surface area (Å²) in [5, 5.41) is -0.196. The molecule has 1 unspecified atom stereocenters. The molecule has 2 aromatic carbocycles. The Morgan fingerprint density at radius 3 is 2.10 bits per heavy atom. The van der Waals surface area contributed by atoms with Crippen molar-refractivity contribution in [1.29, 1.82) is 0 Å². The molecule has 1 atom stereocenters. The first kappa shape index (κ1) is 15.7. The van der Waals surface area contributed by atoms with E-state index in [1.54, 1.807) is 14.2 Å². The van der Waals surface area contributed by atoms with Gasteiger partial charge in [0.25, 0.3) is 0 Å². The summed E-state index contributed by atoms with van der Waals surface area (Å²) in [6.45, 7) is 4.23. The summed E-state index contributed by atoms with van der Waals surface area (Å²) in [5.41, 5.74) is 4.69. The van der Waals surface area contributed by atoms with Gasteiger partial charge in [-0.25, -0.2) is 0 Å². The van der Waals surface area contributed by atoms with E-state index < -0.39 is 0 Å². The largest absolute Gasteiger partial charge is 0.496 e. The van der Waals surface area contributed by atoms with Crippen LogP contribution in [0.4, 0.5) is 0 Å². The first-order chi connectivity index (χ1) is 10.1. The van der Waals surface area contributed by atoms with Crippen molar-refractivity contribution >= 4 is 11.6 Å². The number of halogens is 1. The zero-order chi connectivity index (χ0) is 15.4. The molecule has 2 rings (SSSR count). The van der Waals surface area contributed by atoms with Crippen LogP contribution < -0.4 is 9.47 Å². The molecule has 0 amide bonds. The minimum atomic E-state index is -0.196. The molecule has 0 aliphatic carbocycles. The zero-order valence-corrected chi connectivity index (χ0v) is 13.7. The predicted molar refractivity (Wildman–Crippen MR) is 87.8 cm³/mol. The van der Waals surface area contributed by atoms with Crippen LogP contribution in [0.3, 0.4) is 0 Å². The second-order valence-corrected chi connectivity index (χ2v) is 5.69. The van der Waals surface area contributed by atoms with E-state index in [2.05, 4.69) is 32.0 Å². The van der Waals surface area contributed by atoms with Gasteiger partial charge in [0.1, 0.15) is 11.5 Å². The minimum Gasteiger partial charge on any atom is -0.496 e. The van der Waals surface area contributed by atoms with Crippen LogP contribution in [0.5, 0.6) is 11.5 Å². The normalized spacial score (nSPS) is 12.0. The Labute approximate surface area is 131 Å². The van der Waals surface area contributed by atoms with E-state index in [0.717, 1.165) is 23.5 Å². The van der Waals surface area contributed by atoms with Gasteiger partial charge >= 0.3 is 0 Å². The molecule has 0 saturated carbocycles. The molecule has 0 radical (unpaired) electrons. The highest BCUT2D eigenvalue weighted by molar-refractivity contribution is 6.21. The number of hydrogen-bond donors (Lipinski definition) is 0. The third kappa shape index (κ3) is 3.51. The van der Waals surface area contributed by atoms with Gasteiger partial charge < -0.3 is 9.47 Å². The number of ether oxygens (including phenoxy) is 2. The van der Waals surface area contributed by atoms with E-state index in [-0.39, 0.29) is 5.38 Å². The van der Waals surface area contributed by atoms with Crippen molar-refractivity contribution < 1.29 is 9.47 Å². The summed E-state index contributed by atoms with van der Waals surface area (Å²) in [5.74, 6) is 1.52. The molecule has 2 aromatic rings. The Kier molecular flexibility index (Phi) is 5.13. The van der Waals surface area contributed by atoms with Crippen molar-refractivity contribution in [1.82, 2.24) is 0 Å². The first-order valence-electron chi connectivity index (χ1n) is 6.98. The van der Waals surface area contributed by atoms with Crippen LogP contribution in [-0.2, 0) is 6.42 Å². The minimum absolute atomic E-state index is 0.196. The molecule has 0 N–H and O–H groups in total. The molecule has 2 nitrogen and oxygen atoms in total. The van der Waals surface area contributed by atoms with Crippen LogP contribution in [0, 0.1) is 13.8 Å². The van der Waals surface area contributed by atoms with E-state index in [0.29, 0.717) is 0 Å². The molecule has 0 aliphatic rings. The lowest BCUT2D eigenvalue weighted by molar-refractivity contribution is 0.384. The average Bonchev–Trinajstić information content (AvgIpc) is 2.49. The van der Waals surface area contributed by atoms with Crippen molar-refractivity contribution in [2.45, 2.75) is 25.6 Å². The van der Waals surface area contributed by atoms with Crippen LogP contribution in [0.25, 0.3) is 0 Å². The lowest BCUT2D eigenvalue weighted by Gasteiger charge is -2.18. The van der Waals surface area contributed by atoms with E-state index >= 15 is 0 Å². The molecule has 21 heavy (non-hydrogen) atoms. The fourth-order valence-electron chi connectivity index (χ4n) is 2.43. The van der Waals surface area contributed by atoms with Gasteiger partial charge in [-0.05, 0) is 49.1 Å². The standard InChI is InChI=1S/C18H21ClO2/c1-12-8-9-14(10-13(12)2)11-15(19)18-16(20-3)6-5-7-17(18)21-4/h5-10,15H,11H2,1-4H3. The second-order valence-electron chi connectivity index (χ2n) is 5.17. The molecule has 0 saturated heterocycles. The summed E-state index contributed by atoms with van der Waals surface area (Å²) in [6, 6.07) is 12.2. The molecule has 0 fully saturated rings. The fraction of sp³-hybridized carbons (Fsp3) is 0.333. The Balaban J connectivity index is 2.31. The monoisotopic (exact) mass is 304 g/mol. The molecular weight excluding hydrogens is 284 g/mol. The number of benzene rings is 2. The molecular formula is C18H21ClO2. The van der Waals surface area contributed by atoms with Crippen molar-refractivity contribution in [2.75, 3.05) is 14.2 Å². The van der Waals surface area contributed by atoms with Crippen LogP contribution >= 0.6 is 11.6 Å². The molecule has 0 spiro atoms. The highest BCUT2D eigenvalue weighted by atomic mass is 35.5. The number of rotatable bonds is 5. The lowest BCUT2D eigenvalue weighted by Crippen LogP contribution is -2.02. The third-order valence-electron chi connectivity index (χ3n) is 3.77. The Morgan fingerprint density at radius 1 is 0.952 bits per heavy atom. The van der Waals surface area contributed by atoms with Crippen LogP contribution in [0.1, 0.15) is 27.6 Å². The van der Waals surface area contributed by atoms with E-state index in [1.165, 1.54) is 16.7 Å². The Hall–Kier alpha value is -1.67. The van der Waals surface area contributed by atoms with Crippen LogP contribution in [0.15, 0.2) is 36.4 Å². The van der Waals surface area contributed by atoms with Gasteiger partial charge in [0, 0.05) is 0 Å². The van der Waals surface area contributed by atoms with Gasteiger partial charge in [0.2, 0.25) is 0 Å². The SMILES string of the molecule is COc1cccc(OC)c1C(Cl)Cc1ccc(C)c(C)c1. The second kappa shape index (κ2) is 6.86. The zero-order valence-electron chi connectivity index (χ0n) is 12.9. The van der Waals surface area contributed by atoms with Gasteiger partial charge in [-0.1, -0.05) is 24.3 Å². The smallest absolute Gasteiger partial charge is 0.127 e. The van der Waals surface area contributed by atoms with Crippen LogP contribution in [0.2, 0.25) is 0 Å². The Bertz CT molecular complexity index is 600. The molecule has 0 heterocycles. The van der Waals surface area contributed by atoms with Crippen molar-refractivity contribution in [3.8, 4) is 11.5 Å². The van der Waals surface area contributed by atoms with E-state index in [1.807, 2.05) is 18.2 Å². The van der Waals surface area contributed by atoms with Crippen molar-refractivity contribution in [3.05, 3.63) is 58.7 Å².